The third kappa shape index (κ3) is 3.48. The van der Waals surface area contributed by atoms with Gasteiger partial charge in [-0.2, -0.15) is 0 Å². The zero-order valence-corrected chi connectivity index (χ0v) is 14.9. The zero-order chi connectivity index (χ0) is 18.0. The summed E-state index contributed by atoms with van der Waals surface area (Å²) in [7, 11) is 1.66. The summed E-state index contributed by atoms with van der Waals surface area (Å²) in [6, 6.07) is 13.5. The fraction of sp³-hybridized carbons (Fsp3) is 0.238. The van der Waals surface area contributed by atoms with Gasteiger partial charge in [0.05, 0.1) is 7.11 Å². The predicted molar refractivity (Wildman–Crippen MR) is 98.9 cm³/mol. The first-order valence-corrected chi connectivity index (χ1v) is 8.26. The lowest BCUT2D eigenvalue weighted by Gasteiger charge is -2.12. The third-order valence-corrected chi connectivity index (χ3v) is 4.18. The molecule has 0 fully saturated rings. The Bertz CT molecular complexity index is 878. The molecular weight excluding hydrogens is 314 g/mol. The van der Waals surface area contributed by atoms with Crippen molar-refractivity contribution in [1.29, 1.82) is 0 Å². The lowest BCUT2D eigenvalue weighted by molar-refractivity contribution is -0.129. The van der Waals surface area contributed by atoms with Crippen LogP contribution in [0, 0.1) is 6.92 Å². The van der Waals surface area contributed by atoms with Gasteiger partial charge in [-0.1, -0.05) is 38.1 Å². The molecular formula is C21H21NO3. The number of nitrogens with zero attached hydrogens (tertiary/aromatic N) is 1. The lowest BCUT2D eigenvalue weighted by Crippen LogP contribution is -2.06. The van der Waals surface area contributed by atoms with Crippen LogP contribution in [0.1, 0.15) is 42.0 Å². The summed E-state index contributed by atoms with van der Waals surface area (Å²) in [6.07, 6.45) is 1.75. The van der Waals surface area contributed by atoms with Crippen molar-refractivity contribution in [2.24, 2.45) is 4.99 Å². The molecule has 0 amide bonds. The molecule has 0 saturated carbocycles. The van der Waals surface area contributed by atoms with Crippen LogP contribution in [-0.4, -0.2) is 19.0 Å². The Hall–Kier alpha value is -2.88. The number of methoxy groups -OCH3 is 1. The number of aliphatic imine (C=N–C) groups is 1. The Kier molecular flexibility index (Phi) is 4.70. The van der Waals surface area contributed by atoms with Gasteiger partial charge in [-0.25, -0.2) is 9.79 Å². The summed E-state index contributed by atoms with van der Waals surface area (Å²) in [4.78, 5) is 16.6. The highest BCUT2D eigenvalue weighted by molar-refractivity contribution is 6.13. The molecule has 0 atom stereocenters. The molecule has 4 heteroatoms. The molecule has 0 aromatic heterocycles. The molecule has 0 unspecified atom stereocenters. The summed E-state index contributed by atoms with van der Waals surface area (Å²) >= 11 is 0. The van der Waals surface area contributed by atoms with E-state index in [9.17, 15) is 4.79 Å². The number of benzene rings is 2. The third-order valence-electron chi connectivity index (χ3n) is 4.18. The molecule has 25 heavy (non-hydrogen) atoms. The lowest BCUT2D eigenvalue weighted by atomic mass is 9.99. The highest BCUT2D eigenvalue weighted by Gasteiger charge is 2.25. The van der Waals surface area contributed by atoms with E-state index in [1.165, 1.54) is 0 Å². The van der Waals surface area contributed by atoms with Gasteiger partial charge in [0.25, 0.3) is 0 Å². The van der Waals surface area contributed by atoms with Crippen LogP contribution in [0.15, 0.2) is 53.2 Å². The summed E-state index contributed by atoms with van der Waals surface area (Å²) in [5.41, 5.74) is 4.13. The van der Waals surface area contributed by atoms with E-state index in [2.05, 4.69) is 18.8 Å². The number of esters is 1. The standard InChI is InChI=1S/C21H21NO3/c1-13(2)17-11-15(9-10-19(17)24-4)12-18-21(23)25-20(22-18)16-8-6-5-7-14(16)3/h5-13H,1-4H3/b18-12+. The van der Waals surface area contributed by atoms with Gasteiger partial charge in [0.2, 0.25) is 5.90 Å². The van der Waals surface area contributed by atoms with Crippen LogP contribution in [-0.2, 0) is 9.53 Å². The molecule has 1 heterocycles. The Balaban J connectivity index is 1.97. The summed E-state index contributed by atoms with van der Waals surface area (Å²) in [5, 5.41) is 0. The van der Waals surface area contributed by atoms with Gasteiger partial charge in [-0.15, -0.1) is 0 Å². The first kappa shape index (κ1) is 17.0. The number of cyclic esters (lactones) is 1. The van der Waals surface area contributed by atoms with E-state index in [4.69, 9.17) is 9.47 Å². The number of carbonyl (C=O) groups excluding carboxylic acids is 1. The topological polar surface area (TPSA) is 47.9 Å². The van der Waals surface area contributed by atoms with E-state index in [1.54, 1.807) is 13.2 Å². The Labute approximate surface area is 147 Å². The van der Waals surface area contributed by atoms with Crippen molar-refractivity contribution in [1.82, 2.24) is 0 Å². The number of hydrogen-bond donors (Lipinski definition) is 0. The van der Waals surface area contributed by atoms with Gasteiger partial charge in [0.15, 0.2) is 5.70 Å². The van der Waals surface area contributed by atoms with Crippen LogP contribution in [0.2, 0.25) is 0 Å². The van der Waals surface area contributed by atoms with Crippen LogP contribution in [0.25, 0.3) is 6.08 Å². The quantitative estimate of drug-likeness (QED) is 0.612. The molecule has 0 N–H and O–H groups in total. The number of carbonyl (C=O) groups is 1. The number of hydrogen-bond acceptors (Lipinski definition) is 4. The molecule has 4 nitrogen and oxygen atoms in total. The van der Waals surface area contributed by atoms with E-state index < -0.39 is 5.97 Å². The molecule has 0 bridgehead atoms. The largest absolute Gasteiger partial charge is 0.496 e. The van der Waals surface area contributed by atoms with Gasteiger partial charge in [-0.3, -0.25) is 0 Å². The molecule has 0 aliphatic carbocycles. The minimum Gasteiger partial charge on any atom is -0.496 e. The summed E-state index contributed by atoms with van der Waals surface area (Å²) in [5.74, 6) is 1.08. The molecule has 2 aromatic carbocycles. The molecule has 128 valence electrons. The molecule has 0 spiro atoms. The van der Waals surface area contributed by atoms with Gasteiger partial charge >= 0.3 is 5.97 Å². The van der Waals surface area contributed by atoms with Gasteiger partial charge in [-0.05, 0) is 53.8 Å². The van der Waals surface area contributed by atoms with Crippen molar-refractivity contribution >= 4 is 17.9 Å². The van der Waals surface area contributed by atoms with Gasteiger partial charge in [0.1, 0.15) is 5.75 Å². The van der Waals surface area contributed by atoms with Gasteiger partial charge < -0.3 is 9.47 Å². The molecule has 2 aromatic rings. The zero-order valence-electron chi connectivity index (χ0n) is 14.9. The summed E-state index contributed by atoms with van der Waals surface area (Å²) in [6.45, 7) is 6.17. The van der Waals surface area contributed by atoms with Crippen molar-refractivity contribution in [2.75, 3.05) is 7.11 Å². The van der Waals surface area contributed by atoms with Crippen molar-refractivity contribution < 1.29 is 14.3 Å². The van der Waals surface area contributed by atoms with Crippen LogP contribution < -0.4 is 4.74 Å². The van der Waals surface area contributed by atoms with E-state index in [-0.39, 0.29) is 0 Å². The monoisotopic (exact) mass is 335 g/mol. The number of ether oxygens (including phenoxy) is 2. The van der Waals surface area contributed by atoms with Crippen LogP contribution in [0.4, 0.5) is 0 Å². The number of aryl methyl sites for hydroxylation is 1. The van der Waals surface area contributed by atoms with Crippen molar-refractivity contribution in [3.05, 3.63) is 70.4 Å². The minimum absolute atomic E-state index is 0.304. The smallest absolute Gasteiger partial charge is 0.363 e. The average Bonchev–Trinajstić information content (AvgIpc) is 2.95. The van der Waals surface area contributed by atoms with Crippen molar-refractivity contribution in [3.8, 4) is 5.75 Å². The molecule has 0 radical (unpaired) electrons. The second-order valence-electron chi connectivity index (χ2n) is 6.31. The van der Waals surface area contributed by atoms with Crippen molar-refractivity contribution in [3.63, 3.8) is 0 Å². The summed E-state index contributed by atoms with van der Waals surface area (Å²) < 4.78 is 10.8. The Morgan fingerprint density at radius 3 is 2.60 bits per heavy atom. The molecule has 0 saturated heterocycles. The maximum absolute atomic E-state index is 12.2. The number of rotatable bonds is 4. The van der Waals surface area contributed by atoms with E-state index >= 15 is 0 Å². The highest BCUT2D eigenvalue weighted by Crippen LogP contribution is 2.29. The molecule has 1 aliphatic heterocycles. The second-order valence-corrected chi connectivity index (χ2v) is 6.31. The Morgan fingerprint density at radius 1 is 1.16 bits per heavy atom. The van der Waals surface area contributed by atoms with Crippen LogP contribution >= 0.6 is 0 Å². The second kappa shape index (κ2) is 6.93. The molecule has 3 rings (SSSR count). The fourth-order valence-corrected chi connectivity index (χ4v) is 2.79. The van der Waals surface area contributed by atoms with E-state index in [1.807, 2.05) is 49.4 Å². The van der Waals surface area contributed by atoms with E-state index in [0.717, 1.165) is 28.0 Å². The van der Waals surface area contributed by atoms with E-state index in [0.29, 0.717) is 17.5 Å². The Morgan fingerprint density at radius 2 is 1.92 bits per heavy atom. The first-order valence-electron chi connectivity index (χ1n) is 8.26. The van der Waals surface area contributed by atoms with Gasteiger partial charge in [0, 0.05) is 5.56 Å². The maximum Gasteiger partial charge on any atom is 0.363 e. The minimum atomic E-state index is -0.430. The van der Waals surface area contributed by atoms with Crippen LogP contribution in [0.3, 0.4) is 0 Å². The molecule has 1 aliphatic rings. The maximum atomic E-state index is 12.2. The SMILES string of the molecule is COc1ccc(/C=C2/N=C(c3ccccc3C)OC2=O)cc1C(C)C. The highest BCUT2D eigenvalue weighted by atomic mass is 16.6. The first-order chi connectivity index (χ1) is 12.0. The fourth-order valence-electron chi connectivity index (χ4n) is 2.79. The van der Waals surface area contributed by atoms with Crippen molar-refractivity contribution in [2.45, 2.75) is 26.7 Å². The van der Waals surface area contributed by atoms with Crippen LogP contribution in [0.5, 0.6) is 5.75 Å². The average molecular weight is 335 g/mol. The normalized spacial score (nSPS) is 15.5. The predicted octanol–water partition coefficient (Wildman–Crippen LogP) is 4.47.